The second-order valence-electron chi connectivity index (χ2n) is 4.27. The highest BCUT2D eigenvalue weighted by Crippen LogP contribution is 1.93. The summed E-state index contributed by atoms with van der Waals surface area (Å²) in [4.78, 5) is 2.08. The first kappa shape index (κ1) is 14.9. The first-order valence-electron chi connectivity index (χ1n) is 5.46. The van der Waals surface area contributed by atoms with E-state index in [1.54, 1.807) is 0 Å². The van der Waals surface area contributed by atoms with Gasteiger partial charge in [-0.2, -0.15) is 0 Å². The molecule has 4 nitrogen and oxygen atoms in total. The molecule has 0 aliphatic heterocycles. The van der Waals surface area contributed by atoms with E-state index in [9.17, 15) is 8.42 Å². The molecule has 0 saturated carbocycles. The summed E-state index contributed by atoms with van der Waals surface area (Å²) in [6.45, 7) is 5.43. The van der Waals surface area contributed by atoms with Crippen LogP contribution >= 0.6 is 0 Å². The summed E-state index contributed by atoms with van der Waals surface area (Å²) < 4.78 is 22.8. The fraction of sp³-hybridized carbons (Fsp3) is 1.00. The van der Waals surface area contributed by atoms with Crippen molar-refractivity contribution in [2.24, 2.45) is 0 Å². The van der Waals surface area contributed by atoms with Crippen LogP contribution in [0.2, 0.25) is 0 Å². The quantitative estimate of drug-likeness (QED) is 0.661. The highest BCUT2D eigenvalue weighted by Gasteiger charge is 2.09. The van der Waals surface area contributed by atoms with E-state index < -0.39 is 9.84 Å². The maximum absolute atomic E-state index is 11.4. The Kier molecular flexibility index (Phi) is 7.13. The second-order valence-corrected chi connectivity index (χ2v) is 6.57. The molecular formula is C10H24N2O2S. The summed E-state index contributed by atoms with van der Waals surface area (Å²) in [6, 6.07) is 0.330. The van der Waals surface area contributed by atoms with Crippen molar-refractivity contribution in [1.29, 1.82) is 0 Å². The van der Waals surface area contributed by atoms with Gasteiger partial charge >= 0.3 is 0 Å². The lowest BCUT2D eigenvalue weighted by Gasteiger charge is -2.18. The molecule has 0 spiro atoms. The normalized spacial score (nSPS) is 14.5. The number of rotatable bonds is 8. The highest BCUT2D eigenvalue weighted by atomic mass is 32.2. The molecule has 0 aromatic carbocycles. The van der Waals surface area contributed by atoms with Crippen molar-refractivity contribution in [3.63, 3.8) is 0 Å². The molecule has 1 N–H and O–H groups in total. The lowest BCUT2D eigenvalue weighted by Crippen LogP contribution is -2.38. The fourth-order valence-electron chi connectivity index (χ4n) is 1.49. The smallest absolute Gasteiger partial charge is 0.151 e. The predicted octanol–water partition coefficient (Wildman–Crippen LogP) is 0.351. The van der Waals surface area contributed by atoms with E-state index in [0.29, 0.717) is 24.8 Å². The van der Waals surface area contributed by atoms with Crippen LogP contribution in [-0.4, -0.2) is 58.1 Å². The minimum Gasteiger partial charge on any atom is -0.312 e. The van der Waals surface area contributed by atoms with Gasteiger partial charge in [-0.05, 0) is 27.4 Å². The van der Waals surface area contributed by atoms with Gasteiger partial charge in [0, 0.05) is 24.9 Å². The first-order chi connectivity index (χ1) is 6.87. The molecule has 0 aromatic rings. The summed E-state index contributed by atoms with van der Waals surface area (Å²) in [7, 11) is 1.18. The summed E-state index contributed by atoms with van der Waals surface area (Å²) >= 11 is 0. The second kappa shape index (κ2) is 7.19. The fourth-order valence-corrected chi connectivity index (χ4v) is 2.74. The van der Waals surface area contributed by atoms with Gasteiger partial charge in [0.05, 0.1) is 5.75 Å². The molecule has 92 valence electrons. The lowest BCUT2D eigenvalue weighted by molar-refractivity contribution is 0.353. The molecule has 0 heterocycles. The summed E-state index contributed by atoms with van der Waals surface area (Å²) in [6.07, 6.45) is 0.704. The van der Waals surface area contributed by atoms with Crippen LogP contribution in [0.25, 0.3) is 0 Å². The number of nitrogens with zero attached hydrogens (tertiary/aromatic N) is 1. The third kappa shape index (κ3) is 8.84. The first-order valence-corrected chi connectivity index (χ1v) is 7.28. The number of hydrogen-bond acceptors (Lipinski definition) is 4. The van der Waals surface area contributed by atoms with Gasteiger partial charge < -0.3 is 10.2 Å². The van der Waals surface area contributed by atoms with Crippen molar-refractivity contribution in [3.8, 4) is 0 Å². The molecule has 15 heavy (non-hydrogen) atoms. The van der Waals surface area contributed by atoms with E-state index in [4.69, 9.17) is 0 Å². The summed E-state index contributed by atoms with van der Waals surface area (Å²) in [5.41, 5.74) is 0. The minimum atomic E-state index is -2.83. The van der Waals surface area contributed by atoms with Gasteiger partial charge in [-0.25, -0.2) is 8.42 Å². The van der Waals surface area contributed by atoms with E-state index in [-0.39, 0.29) is 5.75 Å². The van der Waals surface area contributed by atoms with E-state index >= 15 is 0 Å². The van der Waals surface area contributed by atoms with Gasteiger partial charge in [-0.3, -0.25) is 0 Å². The Balaban J connectivity index is 3.70. The number of hydrogen-bond donors (Lipinski definition) is 1. The largest absolute Gasteiger partial charge is 0.312 e. The molecule has 0 rings (SSSR count). The SMILES string of the molecule is CCCS(=O)(=O)CCNC(C)CN(C)C. The zero-order valence-electron chi connectivity index (χ0n) is 10.3. The highest BCUT2D eigenvalue weighted by molar-refractivity contribution is 7.91. The van der Waals surface area contributed by atoms with Gasteiger partial charge in [-0.15, -0.1) is 0 Å². The average molecular weight is 236 g/mol. The molecule has 0 bridgehead atoms. The molecule has 0 aliphatic carbocycles. The van der Waals surface area contributed by atoms with E-state index in [0.717, 1.165) is 6.54 Å². The summed E-state index contributed by atoms with van der Waals surface area (Å²) in [5, 5.41) is 3.21. The van der Waals surface area contributed by atoms with Crippen molar-refractivity contribution in [1.82, 2.24) is 10.2 Å². The molecule has 0 fully saturated rings. The Morgan fingerprint density at radius 1 is 1.27 bits per heavy atom. The van der Waals surface area contributed by atoms with Crippen LogP contribution in [0.3, 0.4) is 0 Å². The lowest BCUT2D eigenvalue weighted by atomic mass is 10.3. The zero-order chi connectivity index (χ0) is 11.9. The van der Waals surface area contributed by atoms with Crippen LogP contribution < -0.4 is 5.32 Å². The Morgan fingerprint density at radius 2 is 1.87 bits per heavy atom. The molecule has 0 aromatic heterocycles. The van der Waals surface area contributed by atoms with Crippen LogP contribution in [0.5, 0.6) is 0 Å². The summed E-state index contributed by atoms with van der Waals surface area (Å²) in [5.74, 6) is 0.551. The maximum Gasteiger partial charge on any atom is 0.151 e. The van der Waals surface area contributed by atoms with Crippen LogP contribution in [0.15, 0.2) is 0 Å². The maximum atomic E-state index is 11.4. The van der Waals surface area contributed by atoms with Crippen LogP contribution in [-0.2, 0) is 9.84 Å². The third-order valence-electron chi connectivity index (χ3n) is 2.06. The predicted molar refractivity (Wildman–Crippen MR) is 65.0 cm³/mol. The Hall–Kier alpha value is -0.130. The van der Waals surface area contributed by atoms with Crippen LogP contribution in [0.1, 0.15) is 20.3 Å². The van der Waals surface area contributed by atoms with Gasteiger partial charge in [0.25, 0.3) is 0 Å². The Bertz CT molecular complexity index is 250. The zero-order valence-corrected chi connectivity index (χ0v) is 11.1. The van der Waals surface area contributed by atoms with Gasteiger partial charge in [0.1, 0.15) is 0 Å². The van der Waals surface area contributed by atoms with E-state index in [2.05, 4.69) is 17.1 Å². The monoisotopic (exact) mass is 236 g/mol. The van der Waals surface area contributed by atoms with E-state index in [1.165, 1.54) is 0 Å². The van der Waals surface area contributed by atoms with Crippen molar-refractivity contribution in [2.45, 2.75) is 26.3 Å². The number of sulfone groups is 1. The van der Waals surface area contributed by atoms with Crippen molar-refractivity contribution in [3.05, 3.63) is 0 Å². The molecule has 1 atom stereocenters. The molecule has 0 saturated heterocycles. The minimum absolute atomic E-state index is 0.249. The number of likely N-dealkylation sites (N-methyl/N-ethyl adjacent to an activating group) is 1. The molecule has 1 unspecified atom stereocenters. The van der Waals surface area contributed by atoms with Crippen LogP contribution in [0.4, 0.5) is 0 Å². The van der Waals surface area contributed by atoms with Gasteiger partial charge in [-0.1, -0.05) is 6.92 Å². The third-order valence-corrected chi connectivity index (χ3v) is 3.92. The van der Waals surface area contributed by atoms with Gasteiger partial charge in [0.2, 0.25) is 0 Å². The van der Waals surface area contributed by atoms with Crippen LogP contribution in [0, 0.1) is 0 Å². The van der Waals surface area contributed by atoms with Crippen molar-refractivity contribution in [2.75, 3.05) is 38.7 Å². The van der Waals surface area contributed by atoms with Crippen molar-refractivity contribution >= 4 is 9.84 Å². The molecule has 0 amide bonds. The molecule has 0 aliphatic rings. The molecule has 0 radical (unpaired) electrons. The Morgan fingerprint density at radius 3 is 2.33 bits per heavy atom. The standard InChI is InChI=1S/C10H24N2O2S/c1-5-7-15(13,14)8-6-11-10(2)9-12(3)4/h10-11H,5-9H2,1-4H3. The van der Waals surface area contributed by atoms with Gasteiger partial charge in [0.15, 0.2) is 9.84 Å². The molecular weight excluding hydrogens is 212 g/mol. The number of nitrogens with one attached hydrogen (secondary N) is 1. The Labute approximate surface area is 94.0 Å². The topological polar surface area (TPSA) is 49.4 Å². The van der Waals surface area contributed by atoms with Crippen molar-refractivity contribution < 1.29 is 8.42 Å². The van der Waals surface area contributed by atoms with E-state index in [1.807, 2.05) is 21.0 Å². The molecule has 5 heteroatoms. The average Bonchev–Trinajstić information content (AvgIpc) is 2.01.